The highest BCUT2D eigenvalue weighted by molar-refractivity contribution is 5.82. The number of esters is 1. The van der Waals surface area contributed by atoms with Crippen LogP contribution < -0.4 is 0 Å². The monoisotopic (exact) mass is 168 g/mol. The molecule has 0 aromatic heterocycles. The fraction of sp³-hybridized carbons (Fsp3) is 0.556. The fourth-order valence-electron chi connectivity index (χ4n) is 0.613. The second-order valence-electron chi connectivity index (χ2n) is 2.26. The summed E-state index contributed by atoms with van der Waals surface area (Å²) >= 11 is 0. The molecule has 0 rings (SSSR count). The molecule has 0 saturated heterocycles. The Morgan fingerprint density at radius 3 is 2.58 bits per heavy atom. The van der Waals surface area contributed by atoms with E-state index in [0.29, 0.717) is 6.42 Å². The van der Waals surface area contributed by atoms with Gasteiger partial charge in [-0.25, -0.2) is 0 Å². The van der Waals surface area contributed by atoms with E-state index in [0.717, 1.165) is 0 Å². The zero-order valence-electron chi connectivity index (χ0n) is 7.13. The molecule has 0 amide bonds. The Balaban J connectivity index is 3.45. The lowest BCUT2D eigenvalue weighted by atomic mass is 10.2. The number of ether oxygens (including phenoxy) is 1. The van der Waals surface area contributed by atoms with Crippen LogP contribution in [0, 0.1) is 12.3 Å². The summed E-state index contributed by atoms with van der Waals surface area (Å²) in [5, 5.41) is 0. The second-order valence-corrected chi connectivity index (χ2v) is 2.26. The number of ketones is 1. The number of Topliss-reactive ketones (excluding diaryl/α,β-unsaturated/α-hetero) is 1. The van der Waals surface area contributed by atoms with Crippen LogP contribution in [0.1, 0.15) is 26.2 Å². The minimum atomic E-state index is -0.408. The van der Waals surface area contributed by atoms with Crippen LogP contribution in [-0.4, -0.2) is 18.4 Å². The van der Waals surface area contributed by atoms with Crippen molar-refractivity contribution >= 4 is 11.8 Å². The summed E-state index contributed by atoms with van der Waals surface area (Å²) in [7, 11) is 0. The highest BCUT2D eigenvalue weighted by atomic mass is 16.5. The minimum absolute atomic E-state index is 0.0147. The van der Waals surface area contributed by atoms with Crippen molar-refractivity contribution in [3.63, 3.8) is 0 Å². The molecule has 0 radical (unpaired) electrons. The van der Waals surface area contributed by atoms with Gasteiger partial charge < -0.3 is 4.74 Å². The van der Waals surface area contributed by atoms with Gasteiger partial charge in [0.15, 0.2) is 6.61 Å². The third-order valence-electron chi connectivity index (χ3n) is 1.32. The Kier molecular flexibility index (Phi) is 5.72. The van der Waals surface area contributed by atoms with Gasteiger partial charge in [-0.3, -0.25) is 9.59 Å². The first kappa shape index (κ1) is 10.7. The first-order valence-corrected chi connectivity index (χ1v) is 3.81. The van der Waals surface area contributed by atoms with Crippen LogP contribution in [-0.2, 0) is 14.3 Å². The molecule has 0 aliphatic carbocycles. The molecule has 0 atom stereocenters. The Morgan fingerprint density at radius 2 is 2.08 bits per heavy atom. The molecule has 0 bridgehead atoms. The maximum absolute atomic E-state index is 10.8. The Morgan fingerprint density at radius 1 is 1.42 bits per heavy atom. The van der Waals surface area contributed by atoms with Gasteiger partial charge in [0.2, 0.25) is 0 Å². The summed E-state index contributed by atoms with van der Waals surface area (Å²) in [6.07, 6.45) is 5.71. The number of hydrogen-bond acceptors (Lipinski definition) is 3. The Hall–Kier alpha value is -1.30. The number of terminal acetylenes is 1. The average Bonchev–Trinajstić information content (AvgIpc) is 2.10. The molecule has 3 nitrogen and oxygen atoms in total. The zero-order chi connectivity index (χ0) is 9.40. The van der Waals surface area contributed by atoms with Crippen molar-refractivity contribution < 1.29 is 14.3 Å². The SMILES string of the molecule is C#CCOC(=O)CCC(=O)CC. The summed E-state index contributed by atoms with van der Waals surface area (Å²) in [6, 6.07) is 0. The Labute approximate surface area is 72.1 Å². The Bertz CT molecular complexity index is 200. The van der Waals surface area contributed by atoms with Gasteiger partial charge in [-0.05, 0) is 0 Å². The molecule has 3 heteroatoms. The van der Waals surface area contributed by atoms with E-state index in [9.17, 15) is 9.59 Å². The lowest BCUT2D eigenvalue weighted by molar-refractivity contribution is -0.143. The van der Waals surface area contributed by atoms with E-state index < -0.39 is 5.97 Å². The van der Waals surface area contributed by atoms with Gasteiger partial charge in [0.25, 0.3) is 0 Å². The molecule has 66 valence electrons. The lowest BCUT2D eigenvalue weighted by Gasteiger charge is -1.98. The number of hydrogen-bond donors (Lipinski definition) is 0. The first-order valence-electron chi connectivity index (χ1n) is 3.81. The maximum atomic E-state index is 10.8. The molecule has 0 aromatic rings. The summed E-state index contributed by atoms with van der Waals surface area (Å²) < 4.78 is 4.56. The summed E-state index contributed by atoms with van der Waals surface area (Å²) in [4.78, 5) is 21.5. The van der Waals surface area contributed by atoms with E-state index in [1.807, 2.05) is 0 Å². The molecule has 0 aliphatic heterocycles. The molecule has 0 saturated carbocycles. The molecule has 0 fully saturated rings. The van der Waals surface area contributed by atoms with Crippen LogP contribution in [0.5, 0.6) is 0 Å². The van der Waals surface area contributed by atoms with E-state index in [-0.39, 0.29) is 25.2 Å². The summed E-state index contributed by atoms with van der Waals surface area (Å²) in [5.74, 6) is 1.83. The van der Waals surface area contributed by atoms with Crippen molar-refractivity contribution in [2.45, 2.75) is 26.2 Å². The molecule has 0 N–H and O–H groups in total. The molecule has 0 unspecified atom stereocenters. The average molecular weight is 168 g/mol. The lowest BCUT2D eigenvalue weighted by Crippen LogP contribution is -2.07. The van der Waals surface area contributed by atoms with E-state index in [1.54, 1.807) is 6.92 Å². The standard InChI is InChI=1S/C9H12O3/c1-3-7-12-9(11)6-5-8(10)4-2/h1H,4-7H2,2H3. The fourth-order valence-corrected chi connectivity index (χ4v) is 0.613. The molecule has 0 spiro atoms. The largest absolute Gasteiger partial charge is 0.452 e. The smallest absolute Gasteiger partial charge is 0.307 e. The van der Waals surface area contributed by atoms with Crippen LogP contribution in [0.2, 0.25) is 0 Å². The predicted octanol–water partition coefficient (Wildman–Crippen LogP) is 0.922. The normalized spacial score (nSPS) is 8.67. The van der Waals surface area contributed by atoms with Crippen molar-refractivity contribution in [3.8, 4) is 12.3 Å². The van der Waals surface area contributed by atoms with Crippen molar-refractivity contribution in [1.82, 2.24) is 0 Å². The van der Waals surface area contributed by atoms with E-state index >= 15 is 0 Å². The van der Waals surface area contributed by atoms with Crippen LogP contribution in [0.25, 0.3) is 0 Å². The quantitative estimate of drug-likeness (QED) is 0.453. The summed E-state index contributed by atoms with van der Waals surface area (Å²) in [6.45, 7) is 1.74. The topological polar surface area (TPSA) is 43.4 Å². The first-order chi connectivity index (χ1) is 5.70. The van der Waals surface area contributed by atoms with Crippen LogP contribution >= 0.6 is 0 Å². The predicted molar refractivity (Wildman–Crippen MR) is 44.3 cm³/mol. The molecule has 12 heavy (non-hydrogen) atoms. The van der Waals surface area contributed by atoms with E-state index in [4.69, 9.17) is 6.42 Å². The number of carbonyl (C=O) groups is 2. The zero-order valence-corrected chi connectivity index (χ0v) is 7.13. The van der Waals surface area contributed by atoms with Gasteiger partial charge in [0.1, 0.15) is 5.78 Å². The van der Waals surface area contributed by atoms with Crippen LogP contribution in [0.3, 0.4) is 0 Å². The van der Waals surface area contributed by atoms with Gasteiger partial charge in [-0.1, -0.05) is 12.8 Å². The third-order valence-corrected chi connectivity index (χ3v) is 1.32. The molecular formula is C9H12O3. The van der Waals surface area contributed by atoms with Crippen molar-refractivity contribution in [3.05, 3.63) is 0 Å². The molecular weight excluding hydrogens is 156 g/mol. The van der Waals surface area contributed by atoms with Crippen molar-refractivity contribution in [2.75, 3.05) is 6.61 Å². The van der Waals surface area contributed by atoms with Gasteiger partial charge in [-0.15, -0.1) is 6.42 Å². The van der Waals surface area contributed by atoms with Crippen molar-refractivity contribution in [2.24, 2.45) is 0 Å². The minimum Gasteiger partial charge on any atom is -0.452 e. The van der Waals surface area contributed by atoms with Crippen LogP contribution in [0.15, 0.2) is 0 Å². The van der Waals surface area contributed by atoms with Crippen molar-refractivity contribution in [1.29, 1.82) is 0 Å². The highest BCUT2D eigenvalue weighted by Crippen LogP contribution is 1.96. The van der Waals surface area contributed by atoms with Crippen LogP contribution in [0.4, 0.5) is 0 Å². The number of rotatable bonds is 5. The van der Waals surface area contributed by atoms with E-state index in [1.165, 1.54) is 0 Å². The summed E-state index contributed by atoms with van der Waals surface area (Å²) in [5.41, 5.74) is 0. The molecule has 0 aromatic carbocycles. The maximum Gasteiger partial charge on any atom is 0.307 e. The molecule has 0 aliphatic rings. The van der Waals surface area contributed by atoms with Gasteiger partial charge in [0, 0.05) is 12.8 Å². The third kappa shape index (κ3) is 5.48. The second kappa shape index (κ2) is 6.41. The van der Waals surface area contributed by atoms with Gasteiger partial charge in [-0.2, -0.15) is 0 Å². The van der Waals surface area contributed by atoms with Gasteiger partial charge >= 0.3 is 5.97 Å². The number of carbonyl (C=O) groups excluding carboxylic acids is 2. The van der Waals surface area contributed by atoms with Gasteiger partial charge in [0.05, 0.1) is 6.42 Å². The van der Waals surface area contributed by atoms with E-state index in [2.05, 4.69) is 10.7 Å². The molecule has 0 heterocycles. The highest BCUT2D eigenvalue weighted by Gasteiger charge is 2.05.